The van der Waals surface area contributed by atoms with Crippen LogP contribution in [0.1, 0.15) is 33.2 Å². The Morgan fingerprint density at radius 3 is 2.15 bits per heavy atom. The number of Topliss-reactive ketones (excluding diaryl/α,β-unsaturated/α-hetero) is 1. The summed E-state index contributed by atoms with van der Waals surface area (Å²) in [5, 5.41) is 8.94. The number of hydrogen-bond acceptors (Lipinski definition) is 4. The molecule has 2 aromatic carbocycles. The summed E-state index contributed by atoms with van der Waals surface area (Å²) in [6, 6.07) is 11.5. The van der Waals surface area contributed by atoms with Crippen molar-refractivity contribution in [2.45, 2.75) is 13.5 Å². The van der Waals surface area contributed by atoms with E-state index in [1.54, 1.807) is 24.3 Å². The Hall–Kier alpha value is -2.73. The normalized spacial score (nSPS) is 15.1. The molecule has 1 saturated heterocycles. The summed E-state index contributed by atoms with van der Waals surface area (Å²) in [5.74, 6) is -1.44. The minimum Gasteiger partial charge on any atom is -0.478 e. The van der Waals surface area contributed by atoms with E-state index >= 15 is 0 Å². The molecule has 0 unspecified atom stereocenters. The van der Waals surface area contributed by atoms with Crippen molar-refractivity contribution >= 4 is 17.4 Å². The van der Waals surface area contributed by atoms with Gasteiger partial charge in [-0.15, -0.1) is 0 Å². The summed E-state index contributed by atoms with van der Waals surface area (Å²) >= 11 is 0. The highest BCUT2D eigenvalue weighted by molar-refractivity contribution is 5.94. The number of carboxylic acid groups (broad SMARTS) is 1. The monoisotopic (exact) mass is 356 g/mol. The fourth-order valence-electron chi connectivity index (χ4n) is 3.14. The van der Waals surface area contributed by atoms with Crippen LogP contribution in [0.4, 0.5) is 10.1 Å². The Labute approximate surface area is 151 Å². The van der Waals surface area contributed by atoms with Gasteiger partial charge < -0.3 is 10.0 Å². The van der Waals surface area contributed by atoms with Crippen LogP contribution in [0.25, 0.3) is 0 Å². The van der Waals surface area contributed by atoms with E-state index in [1.165, 1.54) is 13.0 Å². The highest BCUT2D eigenvalue weighted by atomic mass is 19.1. The maximum Gasteiger partial charge on any atom is 0.335 e. The van der Waals surface area contributed by atoms with Gasteiger partial charge in [-0.25, -0.2) is 9.18 Å². The molecule has 1 fully saturated rings. The number of hydrogen-bond donors (Lipinski definition) is 1. The van der Waals surface area contributed by atoms with Gasteiger partial charge in [-0.05, 0) is 42.8 Å². The van der Waals surface area contributed by atoms with Gasteiger partial charge in [0.2, 0.25) is 0 Å². The Balaban J connectivity index is 1.59. The zero-order valence-corrected chi connectivity index (χ0v) is 14.6. The lowest BCUT2D eigenvalue weighted by atomic mass is 10.1. The average molecular weight is 356 g/mol. The van der Waals surface area contributed by atoms with Gasteiger partial charge in [0, 0.05) is 38.3 Å². The van der Waals surface area contributed by atoms with Crippen LogP contribution in [0.5, 0.6) is 0 Å². The van der Waals surface area contributed by atoms with Gasteiger partial charge in [0.25, 0.3) is 0 Å². The number of halogens is 1. The molecule has 2 aromatic rings. The molecule has 1 aliphatic heterocycles. The number of carbonyl (C=O) groups excluding carboxylic acids is 1. The van der Waals surface area contributed by atoms with E-state index in [-0.39, 0.29) is 17.2 Å². The summed E-state index contributed by atoms with van der Waals surface area (Å²) in [6.07, 6.45) is 0. The first-order valence-corrected chi connectivity index (χ1v) is 8.54. The Bertz CT molecular complexity index is 812. The second-order valence-corrected chi connectivity index (χ2v) is 6.49. The number of carbonyl (C=O) groups is 2. The number of ketones is 1. The molecule has 0 bridgehead atoms. The van der Waals surface area contributed by atoms with Crippen molar-refractivity contribution in [3.05, 3.63) is 65.0 Å². The minimum absolute atomic E-state index is 0.144. The number of aromatic carboxylic acids is 1. The molecule has 6 heteroatoms. The molecule has 0 aromatic heterocycles. The Morgan fingerprint density at radius 1 is 1.00 bits per heavy atom. The van der Waals surface area contributed by atoms with Crippen molar-refractivity contribution in [2.75, 3.05) is 31.1 Å². The van der Waals surface area contributed by atoms with Crippen molar-refractivity contribution in [1.29, 1.82) is 0 Å². The third kappa shape index (κ3) is 4.08. The fraction of sp³-hybridized carbons (Fsp3) is 0.300. The zero-order valence-electron chi connectivity index (χ0n) is 14.6. The number of carboxylic acids is 1. The maximum absolute atomic E-state index is 14.3. The Kier molecular flexibility index (Phi) is 5.32. The standard InChI is InChI=1S/C20H21FN2O3/c1-14(24)17-6-7-19(18(21)12-17)23-10-8-22(9-11-23)13-15-2-4-16(5-3-15)20(25)26/h2-7,12H,8-11,13H2,1H3,(H,25,26). The molecule has 1 N–H and O–H groups in total. The van der Waals surface area contributed by atoms with Crippen LogP contribution >= 0.6 is 0 Å². The van der Waals surface area contributed by atoms with Crippen molar-refractivity contribution in [1.82, 2.24) is 4.90 Å². The first-order valence-electron chi connectivity index (χ1n) is 8.54. The summed E-state index contributed by atoms with van der Waals surface area (Å²) in [7, 11) is 0. The molecule has 136 valence electrons. The number of piperazine rings is 1. The Morgan fingerprint density at radius 2 is 1.62 bits per heavy atom. The number of benzene rings is 2. The van der Waals surface area contributed by atoms with Gasteiger partial charge in [0.15, 0.2) is 5.78 Å². The third-order valence-electron chi connectivity index (χ3n) is 4.67. The predicted molar refractivity (Wildman–Crippen MR) is 97.3 cm³/mol. The van der Waals surface area contributed by atoms with Gasteiger partial charge in [0.1, 0.15) is 5.82 Å². The quantitative estimate of drug-likeness (QED) is 0.835. The summed E-state index contributed by atoms with van der Waals surface area (Å²) < 4.78 is 14.3. The summed E-state index contributed by atoms with van der Waals surface area (Å²) in [4.78, 5) is 26.5. The number of rotatable bonds is 5. The highest BCUT2D eigenvalue weighted by Gasteiger charge is 2.20. The van der Waals surface area contributed by atoms with Crippen molar-refractivity contribution in [3.8, 4) is 0 Å². The predicted octanol–water partition coefficient (Wildman–Crippen LogP) is 3.05. The lowest BCUT2D eigenvalue weighted by Crippen LogP contribution is -2.46. The van der Waals surface area contributed by atoms with E-state index in [9.17, 15) is 14.0 Å². The number of nitrogens with zero attached hydrogens (tertiary/aromatic N) is 2. The lowest BCUT2D eigenvalue weighted by molar-refractivity contribution is 0.0696. The van der Waals surface area contributed by atoms with E-state index in [1.807, 2.05) is 17.0 Å². The van der Waals surface area contributed by atoms with E-state index in [0.29, 0.717) is 24.3 Å². The average Bonchev–Trinajstić information content (AvgIpc) is 2.63. The van der Waals surface area contributed by atoms with E-state index in [4.69, 9.17) is 5.11 Å². The maximum atomic E-state index is 14.3. The van der Waals surface area contributed by atoms with Gasteiger partial charge in [-0.1, -0.05) is 12.1 Å². The molecule has 1 heterocycles. The van der Waals surface area contributed by atoms with Crippen LogP contribution in [-0.2, 0) is 6.54 Å². The van der Waals surface area contributed by atoms with Gasteiger partial charge in [0.05, 0.1) is 11.3 Å². The third-order valence-corrected chi connectivity index (χ3v) is 4.67. The summed E-state index contributed by atoms with van der Waals surface area (Å²) in [5.41, 5.74) is 2.25. The molecular weight excluding hydrogens is 335 g/mol. The van der Waals surface area contributed by atoms with Gasteiger partial charge >= 0.3 is 5.97 Å². The van der Waals surface area contributed by atoms with Crippen LogP contribution in [0.3, 0.4) is 0 Å². The van der Waals surface area contributed by atoms with Crippen LogP contribution < -0.4 is 4.90 Å². The molecule has 0 aliphatic carbocycles. The van der Waals surface area contributed by atoms with Crippen molar-refractivity contribution < 1.29 is 19.1 Å². The van der Waals surface area contributed by atoms with Crippen LogP contribution in [0.15, 0.2) is 42.5 Å². The molecule has 0 spiro atoms. The van der Waals surface area contributed by atoms with Crippen molar-refractivity contribution in [2.24, 2.45) is 0 Å². The van der Waals surface area contributed by atoms with Crippen molar-refractivity contribution in [3.63, 3.8) is 0 Å². The first kappa shape index (κ1) is 18.1. The van der Waals surface area contributed by atoms with Crippen LogP contribution in [0, 0.1) is 5.82 Å². The molecule has 5 nitrogen and oxygen atoms in total. The molecule has 26 heavy (non-hydrogen) atoms. The molecule has 0 atom stereocenters. The largest absolute Gasteiger partial charge is 0.478 e. The highest BCUT2D eigenvalue weighted by Crippen LogP contribution is 2.22. The number of anilines is 1. The molecule has 1 aliphatic rings. The minimum atomic E-state index is -0.928. The SMILES string of the molecule is CC(=O)c1ccc(N2CCN(Cc3ccc(C(=O)O)cc3)CC2)c(F)c1. The summed E-state index contributed by atoms with van der Waals surface area (Å²) in [6.45, 7) is 5.13. The first-order chi connectivity index (χ1) is 12.4. The van der Waals surface area contributed by atoms with Crippen LogP contribution in [0.2, 0.25) is 0 Å². The second kappa shape index (κ2) is 7.66. The molecule has 0 saturated carbocycles. The van der Waals surface area contributed by atoms with Gasteiger partial charge in [-0.3, -0.25) is 9.69 Å². The fourth-order valence-corrected chi connectivity index (χ4v) is 3.14. The van der Waals surface area contributed by atoms with E-state index < -0.39 is 5.97 Å². The molecule has 0 amide bonds. The molecule has 3 rings (SSSR count). The second-order valence-electron chi connectivity index (χ2n) is 6.49. The van der Waals surface area contributed by atoms with Gasteiger partial charge in [-0.2, -0.15) is 0 Å². The smallest absolute Gasteiger partial charge is 0.335 e. The van der Waals surface area contributed by atoms with E-state index in [2.05, 4.69) is 4.90 Å². The lowest BCUT2D eigenvalue weighted by Gasteiger charge is -2.36. The zero-order chi connectivity index (χ0) is 18.7. The van der Waals surface area contributed by atoms with E-state index in [0.717, 1.165) is 25.2 Å². The molecule has 0 radical (unpaired) electrons. The van der Waals surface area contributed by atoms with Crippen LogP contribution in [-0.4, -0.2) is 47.9 Å². The molecular formula is C20H21FN2O3. The topological polar surface area (TPSA) is 60.9 Å².